The average Bonchev–Trinajstić information content (AvgIpc) is 2.80. The summed E-state index contributed by atoms with van der Waals surface area (Å²) in [5.74, 6) is 0.0780. The quantitative estimate of drug-likeness (QED) is 0.491. The largest absolute Gasteiger partial charge is 0.491 e. The number of amides is 1. The van der Waals surface area contributed by atoms with Crippen LogP contribution in [0.1, 0.15) is 49.8 Å². The summed E-state index contributed by atoms with van der Waals surface area (Å²) in [5.41, 5.74) is 1.57. The van der Waals surface area contributed by atoms with E-state index in [0.29, 0.717) is 44.6 Å². The minimum Gasteiger partial charge on any atom is -0.491 e. The van der Waals surface area contributed by atoms with Crippen molar-refractivity contribution in [1.82, 2.24) is 10.0 Å². The molecule has 186 valence electrons. The van der Waals surface area contributed by atoms with Crippen molar-refractivity contribution in [2.45, 2.75) is 56.5 Å². The number of methoxy groups -OCH3 is 1. The van der Waals surface area contributed by atoms with Crippen molar-refractivity contribution in [2.75, 3.05) is 20.3 Å². The van der Waals surface area contributed by atoms with Gasteiger partial charge in [0.25, 0.3) is 0 Å². The zero-order chi connectivity index (χ0) is 24.7. The van der Waals surface area contributed by atoms with E-state index in [1.807, 2.05) is 6.92 Å². The molecule has 0 saturated heterocycles. The second-order valence-corrected chi connectivity index (χ2v) is 10.4. The van der Waals surface area contributed by atoms with E-state index in [-0.39, 0.29) is 34.6 Å². The number of rotatable bonds is 10. The maximum absolute atomic E-state index is 13.1. The predicted octanol–water partition coefficient (Wildman–Crippen LogP) is 3.87. The fourth-order valence-corrected chi connectivity index (χ4v) is 5.50. The molecule has 34 heavy (non-hydrogen) atoms. The molecule has 0 aromatic heterocycles. The summed E-state index contributed by atoms with van der Waals surface area (Å²) in [6.45, 7) is 4.51. The predicted molar refractivity (Wildman–Crippen MR) is 128 cm³/mol. The maximum atomic E-state index is 13.1. The maximum Gasteiger partial charge on any atom is 0.240 e. The van der Waals surface area contributed by atoms with Gasteiger partial charge in [0.1, 0.15) is 18.2 Å². The zero-order valence-corrected chi connectivity index (χ0v) is 20.7. The van der Waals surface area contributed by atoms with Crippen LogP contribution in [0.3, 0.4) is 0 Å². The number of aryl methyl sites for hydroxylation is 1. The Balaban J connectivity index is 1.51. The molecule has 0 unspecified atom stereocenters. The van der Waals surface area contributed by atoms with Crippen molar-refractivity contribution in [3.63, 3.8) is 0 Å². The van der Waals surface area contributed by atoms with Gasteiger partial charge in [-0.15, -0.1) is 0 Å². The normalized spacial score (nSPS) is 19.4. The number of hydrogen-bond donors (Lipinski definition) is 2. The summed E-state index contributed by atoms with van der Waals surface area (Å²) in [7, 11) is -2.09. The molecule has 1 aliphatic carbocycles. The van der Waals surface area contributed by atoms with Crippen molar-refractivity contribution in [3.05, 3.63) is 59.4 Å². The monoisotopic (exact) mass is 492 g/mol. The summed E-state index contributed by atoms with van der Waals surface area (Å²) in [6.07, 6.45) is 2.36. The third kappa shape index (κ3) is 7.01. The molecule has 3 rings (SSSR count). The van der Waals surface area contributed by atoms with E-state index in [1.165, 1.54) is 18.2 Å². The van der Waals surface area contributed by atoms with Crippen LogP contribution in [0.15, 0.2) is 47.4 Å². The van der Waals surface area contributed by atoms with Gasteiger partial charge in [-0.3, -0.25) is 4.79 Å². The number of ether oxygens (including phenoxy) is 2. The summed E-state index contributed by atoms with van der Waals surface area (Å²) in [5, 5.41) is 2.98. The zero-order valence-electron chi connectivity index (χ0n) is 19.8. The first kappa shape index (κ1) is 26.1. The van der Waals surface area contributed by atoms with Crippen molar-refractivity contribution >= 4 is 15.9 Å². The lowest BCUT2D eigenvalue weighted by Crippen LogP contribution is -2.41. The molecule has 0 radical (unpaired) electrons. The van der Waals surface area contributed by atoms with Gasteiger partial charge < -0.3 is 14.8 Å². The SMILES string of the molecule is COCCOc1ccc(S(=O)(=O)NC2CCC(C(=O)N[C@H](C)c3ccc(F)cc3)CC2)cc1C. The number of nitrogens with one attached hydrogen (secondary N) is 2. The minimum absolute atomic E-state index is 0.0576. The lowest BCUT2D eigenvalue weighted by Gasteiger charge is -2.29. The molecule has 0 aliphatic heterocycles. The molecule has 1 amide bonds. The molecule has 0 heterocycles. The molecule has 1 fully saturated rings. The highest BCUT2D eigenvalue weighted by molar-refractivity contribution is 7.89. The Hall–Kier alpha value is -2.49. The van der Waals surface area contributed by atoms with E-state index in [2.05, 4.69) is 10.0 Å². The highest BCUT2D eigenvalue weighted by Gasteiger charge is 2.30. The van der Waals surface area contributed by atoms with Crippen LogP contribution in [0, 0.1) is 18.7 Å². The van der Waals surface area contributed by atoms with Gasteiger partial charge in [-0.2, -0.15) is 0 Å². The minimum atomic E-state index is -3.68. The third-order valence-electron chi connectivity index (χ3n) is 6.15. The highest BCUT2D eigenvalue weighted by Crippen LogP contribution is 2.28. The van der Waals surface area contributed by atoms with Gasteiger partial charge in [0.05, 0.1) is 17.5 Å². The lowest BCUT2D eigenvalue weighted by molar-refractivity contribution is -0.126. The Morgan fingerprint density at radius 3 is 2.38 bits per heavy atom. The molecule has 0 bridgehead atoms. The third-order valence-corrected chi connectivity index (χ3v) is 7.67. The first-order chi connectivity index (χ1) is 16.2. The molecule has 1 atom stereocenters. The fraction of sp³-hybridized carbons (Fsp3) is 0.480. The molecule has 7 nitrogen and oxygen atoms in total. The Morgan fingerprint density at radius 1 is 1.09 bits per heavy atom. The van der Waals surface area contributed by atoms with E-state index in [9.17, 15) is 17.6 Å². The van der Waals surface area contributed by atoms with E-state index in [4.69, 9.17) is 9.47 Å². The van der Waals surface area contributed by atoms with Gasteiger partial charge >= 0.3 is 0 Å². The molecule has 2 aromatic rings. The van der Waals surface area contributed by atoms with Crippen LogP contribution in [-0.4, -0.2) is 40.7 Å². The lowest BCUT2D eigenvalue weighted by atomic mass is 9.85. The molecule has 0 spiro atoms. The van der Waals surface area contributed by atoms with Gasteiger partial charge in [0.15, 0.2) is 0 Å². The molecule has 1 aliphatic rings. The fourth-order valence-electron chi connectivity index (χ4n) is 4.11. The Bertz CT molecular complexity index is 1070. The molecule has 9 heteroatoms. The number of benzene rings is 2. The Morgan fingerprint density at radius 2 is 1.76 bits per heavy atom. The summed E-state index contributed by atoms with van der Waals surface area (Å²) in [6, 6.07) is 10.4. The second-order valence-electron chi connectivity index (χ2n) is 8.72. The van der Waals surface area contributed by atoms with Crippen LogP contribution >= 0.6 is 0 Å². The first-order valence-corrected chi connectivity index (χ1v) is 13.0. The summed E-state index contributed by atoms with van der Waals surface area (Å²) >= 11 is 0. The van der Waals surface area contributed by atoms with E-state index in [1.54, 1.807) is 38.3 Å². The molecule has 2 N–H and O–H groups in total. The molecule has 2 aromatic carbocycles. The topological polar surface area (TPSA) is 93.7 Å². The number of carbonyl (C=O) groups is 1. The van der Waals surface area contributed by atoms with E-state index in [0.717, 1.165) is 11.1 Å². The number of carbonyl (C=O) groups excluding carboxylic acids is 1. The van der Waals surface area contributed by atoms with E-state index < -0.39 is 10.0 Å². The van der Waals surface area contributed by atoms with E-state index >= 15 is 0 Å². The van der Waals surface area contributed by atoms with Crippen LogP contribution in [0.25, 0.3) is 0 Å². The van der Waals surface area contributed by atoms with Crippen LogP contribution in [0.2, 0.25) is 0 Å². The number of hydrogen-bond acceptors (Lipinski definition) is 5. The first-order valence-electron chi connectivity index (χ1n) is 11.5. The van der Waals surface area contributed by atoms with Gasteiger partial charge in [-0.25, -0.2) is 17.5 Å². The number of sulfonamides is 1. The van der Waals surface area contributed by atoms with Crippen LogP contribution < -0.4 is 14.8 Å². The van der Waals surface area contributed by atoms with Crippen molar-refractivity contribution in [2.24, 2.45) is 5.92 Å². The van der Waals surface area contributed by atoms with Gasteiger partial charge in [-0.1, -0.05) is 12.1 Å². The molecular formula is C25H33FN2O5S. The van der Waals surface area contributed by atoms with Gasteiger partial charge in [0.2, 0.25) is 15.9 Å². The average molecular weight is 493 g/mol. The smallest absolute Gasteiger partial charge is 0.240 e. The number of halogens is 1. The molecule has 1 saturated carbocycles. The Kier molecular flexibility index (Phi) is 9.04. The molecular weight excluding hydrogens is 459 g/mol. The highest BCUT2D eigenvalue weighted by atomic mass is 32.2. The van der Waals surface area contributed by atoms with Gasteiger partial charge in [-0.05, 0) is 81.0 Å². The standard InChI is InChI=1S/C25H33FN2O5S/c1-17-16-23(12-13-24(17)33-15-14-32-3)34(30,31)28-22-10-6-20(7-11-22)25(29)27-18(2)19-4-8-21(26)9-5-19/h4-5,8-9,12-13,16,18,20,22,28H,6-7,10-11,14-15H2,1-3H3,(H,27,29)/t18-,20?,22?/m1/s1. The van der Waals surface area contributed by atoms with Crippen molar-refractivity contribution in [3.8, 4) is 5.75 Å². The van der Waals surface area contributed by atoms with Crippen LogP contribution in [-0.2, 0) is 19.6 Å². The van der Waals surface area contributed by atoms with Gasteiger partial charge in [0, 0.05) is 19.1 Å². The summed E-state index contributed by atoms with van der Waals surface area (Å²) < 4.78 is 52.2. The Labute approximate surface area is 201 Å². The van der Waals surface area contributed by atoms with Crippen molar-refractivity contribution < 1.29 is 27.1 Å². The van der Waals surface area contributed by atoms with Crippen LogP contribution in [0.5, 0.6) is 5.75 Å². The van der Waals surface area contributed by atoms with Crippen LogP contribution in [0.4, 0.5) is 4.39 Å². The second kappa shape index (κ2) is 11.8. The summed E-state index contributed by atoms with van der Waals surface area (Å²) in [4.78, 5) is 12.9. The van der Waals surface area contributed by atoms with Crippen molar-refractivity contribution in [1.29, 1.82) is 0 Å².